The van der Waals surface area contributed by atoms with E-state index in [1.807, 2.05) is 13.8 Å². The zero-order chi connectivity index (χ0) is 9.40. The highest BCUT2D eigenvalue weighted by molar-refractivity contribution is 5.69. The number of carbonyl (C=O) groups excluding carboxylic acids is 2. The molecule has 0 atom stereocenters. The van der Waals surface area contributed by atoms with Crippen molar-refractivity contribution in [1.29, 1.82) is 0 Å². The third-order valence-corrected chi connectivity index (χ3v) is 1.28. The van der Waals surface area contributed by atoms with Gasteiger partial charge in [0.25, 0.3) is 0 Å². The Morgan fingerprint density at radius 3 is 2.67 bits per heavy atom. The van der Waals surface area contributed by atoms with Crippen LogP contribution in [0.25, 0.3) is 0 Å². The van der Waals surface area contributed by atoms with Crippen LogP contribution in [0, 0.1) is 5.92 Å². The second-order valence-corrected chi connectivity index (χ2v) is 3.14. The van der Waals surface area contributed by atoms with E-state index in [0.717, 1.165) is 6.29 Å². The Morgan fingerprint density at radius 2 is 2.17 bits per heavy atom. The third-order valence-electron chi connectivity index (χ3n) is 1.28. The van der Waals surface area contributed by atoms with Crippen LogP contribution in [0.3, 0.4) is 0 Å². The summed E-state index contributed by atoms with van der Waals surface area (Å²) in [5.74, 6) is 0.172. The van der Waals surface area contributed by atoms with Gasteiger partial charge in [0.2, 0.25) is 0 Å². The Kier molecular flexibility index (Phi) is 6.34. The van der Waals surface area contributed by atoms with E-state index in [-0.39, 0.29) is 5.97 Å². The van der Waals surface area contributed by atoms with E-state index in [2.05, 4.69) is 0 Å². The molecule has 0 amide bonds. The summed E-state index contributed by atoms with van der Waals surface area (Å²) in [6.45, 7) is 4.44. The summed E-state index contributed by atoms with van der Waals surface area (Å²) in [5.41, 5.74) is 0. The topological polar surface area (TPSA) is 43.4 Å². The number of aldehydes is 1. The van der Waals surface area contributed by atoms with Crippen molar-refractivity contribution < 1.29 is 14.3 Å². The second-order valence-electron chi connectivity index (χ2n) is 3.14. The van der Waals surface area contributed by atoms with Crippen LogP contribution in [0.2, 0.25) is 0 Å². The van der Waals surface area contributed by atoms with Crippen LogP contribution < -0.4 is 0 Å². The molecule has 0 aromatic carbocycles. The highest BCUT2D eigenvalue weighted by Gasteiger charge is 2.02. The first-order valence-corrected chi connectivity index (χ1v) is 4.26. The minimum atomic E-state index is -0.203. The molecule has 3 heteroatoms. The molecule has 0 saturated heterocycles. The average Bonchev–Trinajstić information content (AvgIpc) is 2.01. The third kappa shape index (κ3) is 7.25. The molecule has 0 heterocycles. The van der Waals surface area contributed by atoms with Crippen molar-refractivity contribution in [2.45, 2.75) is 33.1 Å². The van der Waals surface area contributed by atoms with E-state index in [9.17, 15) is 9.59 Å². The number of rotatable bonds is 6. The summed E-state index contributed by atoms with van der Waals surface area (Å²) in [6.07, 6.45) is 2.21. The normalized spacial score (nSPS) is 9.92. The van der Waals surface area contributed by atoms with Gasteiger partial charge in [-0.3, -0.25) is 4.79 Å². The van der Waals surface area contributed by atoms with Crippen LogP contribution in [-0.4, -0.2) is 18.9 Å². The van der Waals surface area contributed by atoms with Gasteiger partial charge in [-0.05, 0) is 12.3 Å². The molecule has 0 bridgehead atoms. The summed E-state index contributed by atoms with van der Waals surface area (Å²) in [5, 5.41) is 0. The van der Waals surface area contributed by atoms with Gasteiger partial charge in [-0.2, -0.15) is 0 Å². The maximum Gasteiger partial charge on any atom is 0.305 e. The second kappa shape index (κ2) is 6.83. The number of unbranched alkanes of at least 4 members (excludes halogenated alkanes) is 1. The lowest BCUT2D eigenvalue weighted by molar-refractivity contribution is -0.144. The van der Waals surface area contributed by atoms with Gasteiger partial charge in [-0.15, -0.1) is 0 Å². The summed E-state index contributed by atoms with van der Waals surface area (Å²) in [6, 6.07) is 0. The molecule has 0 aromatic rings. The highest BCUT2D eigenvalue weighted by Crippen LogP contribution is 1.98. The first kappa shape index (κ1) is 11.1. The first-order valence-electron chi connectivity index (χ1n) is 4.26. The van der Waals surface area contributed by atoms with E-state index in [1.54, 1.807) is 0 Å². The van der Waals surface area contributed by atoms with Gasteiger partial charge in [-0.25, -0.2) is 0 Å². The summed E-state index contributed by atoms with van der Waals surface area (Å²) < 4.78 is 4.90. The molecule has 12 heavy (non-hydrogen) atoms. The summed E-state index contributed by atoms with van der Waals surface area (Å²) in [7, 11) is 0. The van der Waals surface area contributed by atoms with E-state index in [0.29, 0.717) is 31.8 Å². The number of hydrogen-bond donors (Lipinski definition) is 0. The minimum absolute atomic E-state index is 0.203. The lowest BCUT2D eigenvalue weighted by Crippen LogP contribution is -2.09. The van der Waals surface area contributed by atoms with Gasteiger partial charge in [0, 0.05) is 12.8 Å². The van der Waals surface area contributed by atoms with Crippen molar-refractivity contribution in [2.24, 2.45) is 5.92 Å². The molecule has 0 aromatic heterocycles. The molecule has 0 aliphatic rings. The zero-order valence-electron chi connectivity index (χ0n) is 7.71. The summed E-state index contributed by atoms with van der Waals surface area (Å²) in [4.78, 5) is 20.8. The fraction of sp³-hybridized carbons (Fsp3) is 0.778. The lowest BCUT2D eigenvalue weighted by Gasteiger charge is -2.05. The van der Waals surface area contributed by atoms with Gasteiger partial charge in [-0.1, -0.05) is 13.8 Å². The molecule has 0 N–H and O–H groups in total. The largest absolute Gasteiger partial charge is 0.465 e. The fourth-order valence-corrected chi connectivity index (χ4v) is 0.662. The smallest absolute Gasteiger partial charge is 0.305 e. The Hall–Kier alpha value is -0.860. The zero-order valence-corrected chi connectivity index (χ0v) is 7.71. The molecule has 0 aliphatic carbocycles. The maximum atomic E-state index is 10.9. The van der Waals surface area contributed by atoms with Crippen LogP contribution in [0.1, 0.15) is 33.1 Å². The van der Waals surface area contributed by atoms with Gasteiger partial charge in [0.1, 0.15) is 6.29 Å². The Balaban J connectivity index is 3.27. The molecule has 0 spiro atoms. The number of ether oxygens (including phenoxy) is 1. The van der Waals surface area contributed by atoms with Crippen molar-refractivity contribution in [3.63, 3.8) is 0 Å². The van der Waals surface area contributed by atoms with E-state index in [4.69, 9.17) is 4.74 Å². The molecule has 0 radical (unpaired) electrons. The van der Waals surface area contributed by atoms with Gasteiger partial charge in [0.15, 0.2) is 0 Å². The van der Waals surface area contributed by atoms with Gasteiger partial charge >= 0.3 is 5.97 Å². The maximum absolute atomic E-state index is 10.9. The quantitative estimate of drug-likeness (QED) is 0.347. The molecular formula is C9H16O3. The van der Waals surface area contributed by atoms with Crippen LogP contribution in [0.4, 0.5) is 0 Å². The Labute approximate surface area is 73.1 Å². The number of hydrogen-bond acceptors (Lipinski definition) is 3. The molecule has 70 valence electrons. The standard InChI is InChI=1S/C9H16O3/c1-8(2)7-12-9(11)5-3-4-6-10/h6,8H,3-5,7H2,1-2H3. The lowest BCUT2D eigenvalue weighted by atomic mass is 10.2. The molecule has 0 rings (SSSR count). The highest BCUT2D eigenvalue weighted by atomic mass is 16.5. The van der Waals surface area contributed by atoms with Crippen LogP contribution in [0.15, 0.2) is 0 Å². The van der Waals surface area contributed by atoms with E-state index >= 15 is 0 Å². The first-order chi connectivity index (χ1) is 5.66. The molecule has 0 fully saturated rings. The predicted molar refractivity (Wildman–Crippen MR) is 45.7 cm³/mol. The molecule has 0 aliphatic heterocycles. The van der Waals surface area contributed by atoms with E-state index in [1.165, 1.54) is 0 Å². The Bertz CT molecular complexity index is 141. The molecular weight excluding hydrogens is 156 g/mol. The summed E-state index contributed by atoms with van der Waals surface area (Å²) >= 11 is 0. The molecule has 0 saturated carbocycles. The van der Waals surface area contributed by atoms with Gasteiger partial charge in [0.05, 0.1) is 6.61 Å². The average molecular weight is 172 g/mol. The van der Waals surface area contributed by atoms with Crippen LogP contribution in [-0.2, 0) is 14.3 Å². The SMILES string of the molecule is CC(C)COC(=O)CCCC=O. The number of carbonyl (C=O) groups is 2. The Morgan fingerprint density at radius 1 is 1.50 bits per heavy atom. The fourth-order valence-electron chi connectivity index (χ4n) is 0.662. The van der Waals surface area contributed by atoms with Crippen molar-refractivity contribution in [3.8, 4) is 0 Å². The molecule has 0 unspecified atom stereocenters. The van der Waals surface area contributed by atoms with Crippen molar-refractivity contribution in [2.75, 3.05) is 6.61 Å². The monoisotopic (exact) mass is 172 g/mol. The predicted octanol–water partition coefficient (Wildman–Crippen LogP) is 1.55. The van der Waals surface area contributed by atoms with E-state index < -0.39 is 0 Å². The molecule has 3 nitrogen and oxygen atoms in total. The minimum Gasteiger partial charge on any atom is -0.465 e. The van der Waals surface area contributed by atoms with Gasteiger partial charge < -0.3 is 9.53 Å². The van der Waals surface area contributed by atoms with Crippen LogP contribution in [0.5, 0.6) is 0 Å². The van der Waals surface area contributed by atoms with Crippen LogP contribution >= 0.6 is 0 Å². The van der Waals surface area contributed by atoms with Crippen molar-refractivity contribution in [3.05, 3.63) is 0 Å². The number of esters is 1. The van der Waals surface area contributed by atoms with Crippen molar-refractivity contribution >= 4 is 12.3 Å². The van der Waals surface area contributed by atoms with Crippen molar-refractivity contribution in [1.82, 2.24) is 0 Å².